The Morgan fingerprint density at radius 3 is 2.52 bits per heavy atom. The Balaban J connectivity index is 1.55. The highest BCUT2D eigenvalue weighted by Gasteiger charge is 2.37. The Morgan fingerprint density at radius 2 is 1.88 bits per heavy atom. The van der Waals surface area contributed by atoms with Gasteiger partial charge in [0.15, 0.2) is 0 Å². The molecule has 2 atom stereocenters. The molecule has 0 spiro atoms. The van der Waals surface area contributed by atoms with Crippen LogP contribution in [0.4, 0.5) is 0 Å². The van der Waals surface area contributed by atoms with Crippen molar-refractivity contribution in [1.82, 2.24) is 20.0 Å². The number of fused-ring (bicyclic) bond motifs is 2. The summed E-state index contributed by atoms with van der Waals surface area (Å²) in [6, 6.07) is 8.92. The fourth-order valence-electron chi connectivity index (χ4n) is 4.16. The van der Waals surface area contributed by atoms with Gasteiger partial charge in [-0.15, -0.1) is 0 Å². The molecule has 2 saturated heterocycles. The second-order valence-corrected chi connectivity index (χ2v) is 7.65. The number of carbonyl (C=O) groups is 1. The Labute approximate surface area is 153 Å². The highest BCUT2D eigenvalue weighted by molar-refractivity contribution is 6.30. The molecular formula is C19H23ClN4O. The van der Waals surface area contributed by atoms with Crippen LogP contribution >= 0.6 is 11.6 Å². The number of piperidine rings is 1. The second kappa shape index (κ2) is 6.46. The van der Waals surface area contributed by atoms with E-state index in [9.17, 15) is 4.79 Å². The zero-order chi connectivity index (χ0) is 17.6. The lowest BCUT2D eigenvalue weighted by atomic mass is 9.98. The van der Waals surface area contributed by atoms with Crippen LogP contribution in [0.3, 0.4) is 0 Å². The van der Waals surface area contributed by atoms with Crippen molar-refractivity contribution < 1.29 is 4.79 Å². The highest BCUT2D eigenvalue weighted by atomic mass is 35.5. The molecule has 2 aliphatic heterocycles. The lowest BCUT2D eigenvalue weighted by molar-refractivity contribution is 0.0681. The van der Waals surface area contributed by atoms with E-state index in [-0.39, 0.29) is 5.91 Å². The summed E-state index contributed by atoms with van der Waals surface area (Å²) in [5.41, 5.74) is 2.43. The van der Waals surface area contributed by atoms with Gasteiger partial charge in [-0.3, -0.25) is 4.79 Å². The van der Waals surface area contributed by atoms with Gasteiger partial charge >= 0.3 is 0 Å². The van der Waals surface area contributed by atoms with E-state index in [0.29, 0.717) is 28.7 Å². The van der Waals surface area contributed by atoms with Crippen LogP contribution in [0.15, 0.2) is 30.5 Å². The van der Waals surface area contributed by atoms with Crippen LogP contribution < -0.4 is 5.32 Å². The molecule has 0 aliphatic carbocycles. The largest absolute Gasteiger partial charge is 0.338 e. The number of nitrogens with one attached hydrogen (secondary N) is 1. The summed E-state index contributed by atoms with van der Waals surface area (Å²) in [4.78, 5) is 14.9. The summed E-state index contributed by atoms with van der Waals surface area (Å²) in [6.45, 7) is 1.94. The Kier molecular flexibility index (Phi) is 4.29. The van der Waals surface area contributed by atoms with Crippen molar-refractivity contribution in [2.75, 3.05) is 7.05 Å². The normalized spacial score (nSPS) is 25.2. The van der Waals surface area contributed by atoms with Crippen molar-refractivity contribution in [3.05, 3.63) is 46.7 Å². The van der Waals surface area contributed by atoms with Crippen LogP contribution in [0.5, 0.6) is 0 Å². The number of hydrogen-bond acceptors (Lipinski definition) is 3. The monoisotopic (exact) mass is 358 g/mol. The number of carbonyl (C=O) groups excluding carboxylic acids is 1. The zero-order valence-electron chi connectivity index (χ0n) is 14.6. The molecule has 2 aliphatic rings. The Morgan fingerprint density at radius 1 is 1.24 bits per heavy atom. The SMILES string of the molecule is Cc1c(C(=O)N(C)C2CC3CCC(C2)N3)cnn1-c1ccc(Cl)cc1. The lowest BCUT2D eigenvalue weighted by Crippen LogP contribution is -2.48. The number of aromatic nitrogens is 2. The highest BCUT2D eigenvalue weighted by Crippen LogP contribution is 2.30. The summed E-state index contributed by atoms with van der Waals surface area (Å²) in [6.07, 6.45) is 6.23. The molecule has 2 unspecified atom stereocenters. The number of rotatable bonds is 3. The van der Waals surface area contributed by atoms with Gasteiger partial charge in [0, 0.05) is 30.2 Å². The average molecular weight is 359 g/mol. The van der Waals surface area contributed by atoms with Crippen LogP contribution in [0.1, 0.15) is 41.7 Å². The molecule has 1 amide bonds. The van der Waals surface area contributed by atoms with Crippen molar-refractivity contribution >= 4 is 17.5 Å². The first-order valence-corrected chi connectivity index (χ1v) is 9.24. The Bertz CT molecular complexity index is 773. The molecule has 3 heterocycles. The maximum absolute atomic E-state index is 13.0. The van der Waals surface area contributed by atoms with E-state index in [1.165, 1.54) is 12.8 Å². The standard InChI is InChI=1S/C19H23ClN4O/c1-12-18(11-21-24(12)16-7-3-13(20)4-8-16)19(25)23(2)17-9-14-5-6-15(10-17)22-14/h3-4,7-8,11,14-15,17,22H,5-6,9-10H2,1-2H3. The minimum Gasteiger partial charge on any atom is -0.338 e. The number of amides is 1. The number of benzene rings is 1. The van der Waals surface area contributed by atoms with Gasteiger partial charge in [-0.2, -0.15) is 5.10 Å². The van der Waals surface area contributed by atoms with Crippen LogP contribution in [0.25, 0.3) is 5.69 Å². The molecule has 132 valence electrons. The maximum Gasteiger partial charge on any atom is 0.257 e. The van der Waals surface area contributed by atoms with Gasteiger partial charge in [0.25, 0.3) is 5.91 Å². The second-order valence-electron chi connectivity index (χ2n) is 7.21. The van der Waals surface area contributed by atoms with Gasteiger partial charge in [0.05, 0.1) is 23.1 Å². The maximum atomic E-state index is 13.0. The molecule has 2 bridgehead atoms. The van der Waals surface area contributed by atoms with E-state index in [4.69, 9.17) is 11.6 Å². The molecule has 0 radical (unpaired) electrons. The van der Waals surface area contributed by atoms with Crippen molar-refractivity contribution in [3.63, 3.8) is 0 Å². The van der Waals surface area contributed by atoms with Gasteiger partial charge in [-0.25, -0.2) is 4.68 Å². The molecule has 1 aromatic carbocycles. The fourth-order valence-corrected chi connectivity index (χ4v) is 4.29. The number of nitrogens with zero attached hydrogens (tertiary/aromatic N) is 3. The molecule has 2 aromatic rings. The average Bonchev–Trinajstić information content (AvgIpc) is 3.16. The van der Waals surface area contributed by atoms with E-state index >= 15 is 0 Å². The smallest absolute Gasteiger partial charge is 0.257 e. The number of halogens is 1. The van der Waals surface area contributed by atoms with Gasteiger partial charge in [-0.05, 0) is 56.9 Å². The third-order valence-corrected chi connectivity index (χ3v) is 5.88. The fraction of sp³-hybridized carbons (Fsp3) is 0.474. The van der Waals surface area contributed by atoms with Crippen LogP contribution in [0, 0.1) is 6.92 Å². The van der Waals surface area contributed by atoms with E-state index in [0.717, 1.165) is 24.2 Å². The van der Waals surface area contributed by atoms with Gasteiger partial charge in [0.2, 0.25) is 0 Å². The van der Waals surface area contributed by atoms with Crippen LogP contribution in [-0.2, 0) is 0 Å². The third kappa shape index (κ3) is 3.07. The van der Waals surface area contributed by atoms with E-state index < -0.39 is 0 Å². The van der Waals surface area contributed by atoms with Gasteiger partial charge < -0.3 is 10.2 Å². The summed E-state index contributed by atoms with van der Waals surface area (Å²) in [7, 11) is 1.93. The van der Waals surface area contributed by atoms with Crippen molar-refractivity contribution in [1.29, 1.82) is 0 Å². The molecule has 6 heteroatoms. The molecule has 25 heavy (non-hydrogen) atoms. The molecular weight excluding hydrogens is 336 g/mol. The van der Waals surface area contributed by atoms with Gasteiger partial charge in [-0.1, -0.05) is 11.6 Å². The van der Waals surface area contributed by atoms with E-state index in [2.05, 4.69) is 10.4 Å². The van der Waals surface area contributed by atoms with E-state index in [1.807, 2.05) is 43.1 Å². The predicted octanol–water partition coefficient (Wildman–Crippen LogP) is 3.19. The van der Waals surface area contributed by atoms with Gasteiger partial charge in [0.1, 0.15) is 0 Å². The summed E-state index contributed by atoms with van der Waals surface area (Å²) in [5.74, 6) is 0.0593. The molecule has 5 nitrogen and oxygen atoms in total. The zero-order valence-corrected chi connectivity index (χ0v) is 15.3. The third-order valence-electron chi connectivity index (χ3n) is 5.63. The molecule has 1 N–H and O–H groups in total. The first-order chi connectivity index (χ1) is 12.0. The molecule has 0 saturated carbocycles. The summed E-state index contributed by atoms with van der Waals surface area (Å²) >= 11 is 5.96. The molecule has 1 aromatic heterocycles. The first-order valence-electron chi connectivity index (χ1n) is 8.86. The van der Waals surface area contributed by atoms with Crippen LogP contribution in [-0.4, -0.2) is 45.8 Å². The predicted molar refractivity (Wildman–Crippen MR) is 98.4 cm³/mol. The molecule has 4 rings (SSSR count). The number of hydrogen-bond donors (Lipinski definition) is 1. The van der Waals surface area contributed by atoms with Crippen molar-refractivity contribution in [2.24, 2.45) is 0 Å². The lowest BCUT2D eigenvalue weighted by Gasteiger charge is -2.35. The van der Waals surface area contributed by atoms with Crippen molar-refractivity contribution in [2.45, 2.75) is 50.7 Å². The minimum atomic E-state index is 0.0593. The quantitative estimate of drug-likeness (QED) is 0.916. The Hall–Kier alpha value is -1.85. The van der Waals surface area contributed by atoms with Crippen LogP contribution in [0.2, 0.25) is 5.02 Å². The summed E-state index contributed by atoms with van der Waals surface area (Å²) < 4.78 is 1.80. The molecule has 2 fully saturated rings. The van der Waals surface area contributed by atoms with E-state index in [1.54, 1.807) is 10.9 Å². The topological polar surface area (TPSA) is 50.2 Å². The minimum absolute atomic E-state index is 0.0593. The summed E-state index contributed by atoms with van der Waals surface area (Å²) in [5, 5.41) is 8.74. The first kappa shape index (κ1) is 16.6. The van der Waals surface area contributed by atoms with Crippen molar-refractivity contribution in [3.8, 4) is 5.69 Å².